The number of benzene rings is 2. The predicted molar refractivity (Wildman–Crippen MR) is 92.9 cm³/mol. The third-order valence-electron chi connectivity index (χ3n) is 3.67. The maximum atomic E-state index is 11.5. The van der Waals surface area contributed by atoms with E-state index in [1.54, 1.807) is 12.1 Å². The van der Waals surface area contributed by atoms with E-state index in [2.05, 4.69) is 9.97 Å². The number of hydrogen-bond donors (Lipinski definition) is 2. The van der Waals surface area contributed by atoms with Gasteiger partial charge in [-0.1, -0.05) is 24.3 Å². The second kappa shape index (κ2) is 6.41. The van der Waals surface area contributed by atoms with Crippen LogP contribution in [0.2, 0.25) is 0 Å². The number of nitrogens with one attached hydrogen (secondary N) is 1. The van der Waals surface area contributed by atoms with Gasteiger partial charge in [-0.05, 0) is 60.5 Å². The van der Waals surface area contributed by atoms with Crippen LogP contribution in [0, 0.1) is 13.8 Å². The number of carboxylic acid groups (broad SMARTS) is 1. The van der Waals surface area contributed by atoms with Crippen LogP contribution in [0.3, 0.4) is 0 Å². The topological polar surface area (TPSA) is 89.0 Å². The zero-order valence-electron chi connectivity index (χ0n) is 13.2. The summed E-state index contributed by atoms with van der Waals surface area (Å²) in [6.45, 7) is 4.03. The van der Waals surface area contributed by atoms with Gasteiger partial charge >= 0.3 is 5.97 Å². The van der Waals surface area contributed by atoms with Crippen molar-refractivity contribution >= 4 is 34.8 Å². The molecule has 0 saturated carbocycles. The fourth-order valence-electron chi connectivity index (χ4n) is 2.25. The molecule has 5 nitrogen and oxygen atoms in total. The fraction of sp³-hybridized carbons (Fsp3) is 0.111. The normalized spacial score (nSPS) is 11.8. The van der Waals surface area contributed by atoms with Crippen molar-refractivity contribution in [1.29, 1.82) is 0 Å². The molecule has 0 atom stereocenters. The number of hydrogen-bond acceptors (Lipinski definition) is 4. The summed E-state index contributed by atoms with van der Waals surface area (Å²) in [5, 5.41) is 21.1. The van der Waals surface area contributed by atoms with Crippen molar-refractivity contribution in [3.63, 3.8) is 0 Å². The van der Waals surface area contributed by atoms with Crippen LogP contribution >= 0.6 is 11.8 Å². The number of aliphatic carboxylic acids is 1. The molecule has 0 aliphatic rings. The summed E-state index contributed by atoms with van der Waals surface area (Å²) in [5.74, 6) is -1.15. The van der Waals surface area contributed by atoms with Gasteiger partial charge in [0.2, 0.25) is 0 Å². The highest BCUT2D eigenvalue weighted by molar-refractivity contribution is 8.04. The third kappa shape index (κ3) is 3.44. The van der Waals surface area contributed by atoms with Crippen LogP contribution in [0.4, 0.5) is 0 Å². The van der Waals surface area contributed by atoms with E-state index >= 15 is 0 Å². The van der Waals surface area contributed by atoms with Gasteiger partial charge in [-0.3, -0.25) is 0 Å². The molecule has 1 aromatic heterocycles. The molecule has 3 aromatic rings. The Labute approximate surface area is 143 Å². The first kappa shape index (κ1) is 16.1. The SMILES string of the molecule is Cc1cc2nc(S/C(=C\c3ccc([O-])cc3)C(=O)O)[nH]c2cc1C. The zero-order valence-corrected chi connectivity index (χ0v) is 14.0. The number of aromatic nitrogens is 2. The van der Waals surface area contributed by atoms with Crippen LogP contribution < -0.4 is 5.11 Å². The Morgan fingerprint density at radius 1 is 1.21 bits per heavy atom. The predicted octanol–water partition coefficient (Wildman–Crippen LogP) is 3.47. The van der Waals surface area contributed by atoms with Gasteiger partial charge in [-0.2, -0.15) is 0 Å². The minimum Gasteiger partial charge on any atom is -0.872 e. The summed E-state index contributed by atoms with van der Waals surface area (Å²) < 4.78 is 0. The largest absolute Gasteiger partial charge is 0.872 e. The number of carbonyl (C=O) groups is 1. The molecule has 0 saturated heterocycles. The quantitative estimate of drug-likeness (QED) is 0.561. The number of fused-ring (bicyclic) bond motifs is 1. The molecule has 0 bridgehead atoms. The lowest BCUT2D eigenvalue weighted by molar-refractivity contribution is -0.268. The minimum absolute atomic E-state index is 0.111. The standard InChI is InChI=1S/C18H16N2O3S/c1-10-7-14-15(8-11(10)2)20-18(19-14)24-16(17(22)23)9-12-3-5-13(21)6-4-12/h3-9,21H,1-2H3,(H,19,20)(H,22,23)/p-1/b16-9-. The molecule has 0 aliphatic carbocycles. The summed E-state index contributed by atoms with van der Waals surface area (Å²) in [5.41, 5.74) is 4.62. The Hall–Kier alpha value is -2.73. The molecule has 2 aromatic carbocycles. The lowest BCUT2D eigenvalue weighted by atomic mass is 10.1. The third-order valence-corrected chi connectivity index (χ3v) is 4.57. The van der Waals surface area contributed by atoms with E-state index < -0.39 is 5.97 Å². The van der Waals surface area contributed by atoms with Crippen LogP contribution in [0.25, 0.3) is 17.1 Å². The second-order valence-electron chi connectivity index (χ2n) is 5.48. The van der Waals surface area contributed by atoms with Crippen LogP contribution in [-0.2, 0) is 4.79 Å². The summed E-state index contributed by atoms with van der Waals surface area (Å²) in [4.78, 5) is 19.2. The highest BCUT2D eigenvalue weighted by Crippen LogP contribution is 2.29. The number of aryl methyl sites for hydroxylation is 2. The van der Waals surface area contributed by atoms with Crippen molar-refractivity contribution in [2.75, 3.05) is 0 Å². The number of imidazole rings is 1. The molecular formula is C18H15N2O3S-. The van der Waals surface area contributed by atoms with Gasteiger partial charge in [-0.15, -0.1) is 5.75 Å². The summed E-state index contributed by atoms with van der Waals surface area (Å²) >= 11 is 1.05. The first-order valence-electron chi connectivity index (χ1n) is 7.29. The number of nitrogens with zero attached hydrogens (tertiary/aromatic N) is 1. The monoisotopic (exact) mass is 339 g/mol. The summed E-state index contributed by atoms with van der Waals surface area (Å²) in [6.07, 6.45) is 1.52. The minimum atomic E-state index is -1.04. The van der Waals surface area contributed by atoms with Crippen molar-refractivity contribution in [2.45, 2.75) is 19.0 Å². The average Bonchev–Trinajstić information content (AvgIpc) is 2.90. The van der Waals surface area contributed by atoms with E-state index in [0.29, 0.717) is 10.7 Å². The van der Waals surface area contributed by atoms with Crippen molar-refractivity contribution in [2.24, 2.45) is 0 Å². The Bertz CT molecular complexity index is 904. The lowest BCUT2D eigenvalue weighted by Gasteiger charge is -2.04. The van der Waals surface area contributed by atoms with E-state index in [4.69, 9.17) is 0 Å². The van der Waals surface area contributed by atoms with E-state index in [-0.39, 0.29) is 10.7 Å². The molecule has 2 N–H and O–H groups in total. The first-order chi connectivity index (χ1) is 11.4. The zero-order chi connectivity index (χ0) is 17.3. The van der Waals surface area contributed by atoms with Gasteiger partial charge in [0.25, 0.3) is 0 Å². The van der Waals surface area contributed by atoms with Gasteiger partial charge < -0.3 is 15.2 Å². The van der Waals surface area contributed by atoms with Gasteiger partial charge in [-0.25, -0.2) is 9.78 Å². The number of H-pyrrole nitrogens is 1. The van der Waals surface area contributed by atoms with Crippen molar-refractivity contribution in [3.8, 4) is 5.75 Å². The number of rotatable bonds is 4. The summed E-state index contributed by atoms with van der Waals surface area (Å²) in [7, 11) is 0. The molecule has 1 heterocycles. The van der Waals surface area contributed by atoms with Crippen LogP contribution in [0.1, 0.15) is 16.7 Å². The molecule has 24 heavy (non-hydrogen) atoms. The molecule has 0 unspecified atom stereocenters. The molecule has 0 radical (unpaired) electrons. The first-order valence-corrected chi connectivity index (χ1v) is 8.11. The molecule has 0 amide bonds. The van der Waals surface area contributed by atoms with Gasteiger partial charge in [0.05, 0.1) is 11.0 Å². The Morgan fingerprint density at radius 2 is 1.88 bits per heavy atom. The Balaban J connectivity index is 1.93. The Morgan fingerprint density at radius 3 is 2.54 bits per heavy atom. The van der Waals surface area contributed by atoms with Crippen LogP contribution in [0.5, 0.6) is 5.75 Å². The van der Waals surface area contributed by atoms with E-state index in [0.717, 1.165) is 33.9 Å². The molecular weight excluding hydrogens is 324 g/mol. The lowest BCUT2D eigenvalue weighted by Crippen LogP contribution is -1.97. The number of thioether (sulfide) groups is 1. The maximum Gasteiger partial charge on any atom is 0.342 e. The molecule has 6 heteroatoms. The van der Waals surface area contributed by atoms with Gasteiger partial charge in [0.15, 0.2) is 5.16 Å². The van der Waals surface area contributed by atoms with Crippen LogP contribution in [-0.4, -0.2) is 21.0 Å². The number of carboxylic acids is 1. The van der Waals surface area contributed by atoms with Crippen molar-refractivity contribution < 1.29 is 15.0 Å². The molecule has 0 fully saturated rings. The van der Waals surface area contributed by atoms with Gasteiger partial charge in [0, 0.05) is 0 Å². The smallest absolute Gasteiger partial charge is 0.342 e. The van der Waals surface area contributed by atoms with E-state index in [1.807, 2.05) is 26.0 Å². The second-order valence-corrected chi connectivity index (χ2v) is 6.51. The molecule has 3 rings (SSSR count). The molecule has 0 aliphatic heterocycles. The summed E-state index contributed by atoms with van der Waals surface area (Å²) in [6, 6.07) is 9.97. The van der Waals surface area contributed by atoms with Crippen molar-refractivity contribution in [1.82, 2.24) is 9.97 Å². The highest BCUT2D eigenvalue weighted by atomic mass is 32.2. The molecule has 0 spiro atoms. The van der Waals surface area contributed by atoms with Gasteiger partial charge in [0.1, 0.15) is 4.91 Å². The molecule has 122 valence electrons. The Kier molecular flexibility index (Phi) is 4.31. The van der Waals surface area contributed by atoms with E-state index in [9.17, 15) is 15.0 Å². The van der Waals surface area contributed by atoms with Crippen molar-refractivity contribution in [3.05, 3.63) is 58.0 Å². The maximum absolute atomic E-state index is 11.5. The van der Waals surface area contributed by atoms with E-state index in [1.165, 1.54) is 18.2 Å². The van der Waals surface area contributed by atoms with Crippen LogP contribution in [0.15, 0.2) is 46.5 Å². The fourth-order valence-corrected chi connectivity index (χ4v) is 3.04. The number of aromatic amines is 1. The average molecular weight is 339 g/mol. The highest BCUT2D eigenvalue weighted by Gasteiger charge is 2.13.